The first kappa shape index (κ1) is 19.9. The molecule has 0 aliphatic rings. The summed E-state index contributed by atoms with van der Waals surface area (Å²) < 4.78 is 5.73. The number of hydrogen-bond donors (Lipinski definition) is 0. The average molecular weight is 407 g/mol. The zero-order valence-corrected chi connectivity index (χ0v) is 19.3. The molecule has 0 radical (unpaired) electrons. The highest BCUT2D eigenvalue weighted by Gasteiger charge is 2.23. The van der Waals surface area contributed by atoms with Gasteiger partial charge < -0.3 is 4.42 Å². The second-order valence-corrected chi connectivity index (χ2v) is 10.8. The fraction of sp³-hybridized carbons (Fsp3) is 0.267. The molecule has 0 amide bonds. The lowest BCUT2D eigenvalue weighted by atomic mass is 9.78. The van der Waals surface area contributed by atoms with Crippen LogP contribution in [-0.4, -0.2) is 0 Å². The quantitative estimate of drug-likeness (QED) is 0.253. The maximum atomic E-state index is 5.73. The highest BCUT2D eigenvalue weighted by atomic mass is 16.3. The molecule has 156 valence electrons. The molecule has 0 aliphatic carbocycles. The van der Waals surface area contributed by atoms with Gasteiger partial charge in [0.25, 0.3) is 0 Å². The molecular formula is C30H30O. The van der Waals surface area contributed by atoms with Gasteiger partial charge in [0, 0.05) is 5.39 Å². The molecular weight excluding hydrogens is 376 g/mol. The van der Waals surface area contributed by atoms with E-state index >= 15 is 0 Å². The lowest BCUT2D eigenvalue weighted by Crippen LogP contribution is -2.13. The van der Waals surface area contributed by atoms with E-state index in [2.05, 4.69) is 102 Å². The molecule has 4 aromatic carbocycles. The minimum Gasteiger partial charge on any atom is -0.464 e. The fourth-order valence-corrected chi connectivity index (χ4v) is 4.66. The molecule has 0 spiro atoms. The van der Waals surface area contributed by atoms with Crippen LogP contribution in [0.25, 0.3) is 43.6 Å². The van der Waals surface area contributed by atoms with Crippen LogP contribution >= 0.6 is 0 Å². The number of hydrogen-bond acceptors (Lipinski definition) is 1. The van der Waals surface area contributed by atoms with Crippen LogP contribution in [0.1, 0.15) is 52.7 Å². The van der Waals surface area contributed by atoms with E-state index in [9.17, 15) is 0 Å². The van der Waals surface area contributed by atoms with E-state index < -0.39 is 0 Å². The Bertz CT molecular complexity index is 1440. The summed E-state index contributed by atoms with van der Waals surface area (Å²) in [6.45, 7) is 13.7. The van der Waals surface area contributed by atoms with Crippen molar-refractivity contribution in [1.82, 2.24) is 0 Å². The van der Waals surface area contributed by atoms with Crippen molar-refractivity contribution in [2.24, 2.45) is 0 Å². The third-order valence-electron chi connectivity index (χ3n) is 6.42. The molecule has 0 saturated heterocycles. The van der Waals surface area contributed by atoms with Gasteiger partial charge in [0.15, 0.2) is 0 Å². The molecule has 1 heteroatoms. The molecule has 5 aromatic rings. The molecule has 31 heavy (non-hydrogen) atoms. The van der Waals surface area contributed by atoms with E-state index in [4.69, 9.17) is 4.42 Å². The molecule has 0 aliphatic heterocycles. The normalized spacial score (nSPS) is 12.8. The van der Waals surface area contributed by atoms with Crippen LogP contribution in [-0.2, 0) is 10.8 Å². The van der Waals surface area contributed by atoms with E-state index in [1.54, 1.807) is 6.26 Å². The molecule has 1 nitrogen and oxygen atoms in total. The molecule has 5 rings (SSSR count). The molecule has 0 fully saturated rings. The van der Waals surface area contributed by atoms with E-state index in [-0.39, 0.29) is 10.8 Å². The highest BCUT2D eigenvalue weighted by Crippen LogP contribution is 2.42. The summed E-state index contributed by atoms with van der Waals surface area (Å²) in [6.07, 6.45) is 1.79. The highest BCUT2D eigenvalue weighted by molar-refractivity contribution is 6.10. The largest absolute Gasteiger partial charge is 0.464 e. The van der Waals surface area contributed by atoms with Crippen molar-refractivity contribution in [3.8, 4) is 11.1 Å². The zero-order chi connectivity index (χ0) is 22.0. The zero-order valence-electron chi connectivity index (χ0n) is 19.3. The Kier molecular flexibility index (Phi) is 4.31. The molecule has 0 bridgehead atoms. The summed E-state index contributed by atoms with van der Waals surface area (Å²) in [6, 6.07) is 24.7. The lowest BCUT2D eigenvalue weighted by Gasteiger charge is -2.25. The van der Waals surface area contributed by atoms with E-state index in [1.165, 1.54) is 49.2 Å². The SMILES string of the molecule is CC(C)(C)c1ccc2cc3c(-c4cccc5occc45)c(C(C)(C)C)ccc3cc2c1. The van der Waals surface area contributed by atoms with Gasteiger partial charge in [-0.15, -0.1) is 0 Å². The molecule has 0 saturated carbocycles. The van der Waals surface area contributed by atoms with Crippen LogP contribution < -0.4 is 0 Å². The van der Waals surface area contributed by atoms with Crippen molar-refractivity contribution < 1.29 is 4.42 Å². The Morgan fingerprint density at radius 1 is 0.613 bits per heavy atom. The third kappa shape index (κ3) is 3.33. The Labute approximate surface area is 184 Å². The van der Waals surface area contributed by atoms with Crippen LogP contribution in [0.15, 0.2) is 77.4 Å². The summed E-state index contributed by atoms with van der Waals surface area (Å²) in [5, 5.41) is 6.34. The maximum Gasteiger partial charge on any atom is 0.134 e. The first-order valence-electron chi connectivity index (χ1n) is 11.1. The number of benzene rings is 4. The standard InChI is InChI=1S/C30H30O/c1-29(2,3)22-12-10-19-18-25-20(16-21(19)17-22)11-13-26(30(4,5)6)28(25)24-8-7-9-27-23(24)14-15-31-27/h7-18H,1-6H3. The number of furan rings is 1. The first-order chi connectivity index (χ1) is 14.6. The van der Waals surface area contributed by atoms with Gasteiger partial charge in [-0.05, 0) is 78.9 Å². The second-order valence-electron chi connectivity index (χ2n) is 10.8. The molecule has 0 unspecified atom stereocenters. The minimum atomic E-state index is 0.0282. The van der Waals surface area contributed by atoms with Crippen LogP contribution in [0.3, 0.4) is 0 Å². The van der Waals surface area contributed by atoms with Gasteiger partial charge in [-0.2, -0.15) is 0 Å². The average Bonchev–Trinajstić information content (AvgIpc) is 3.18. The molecule has 1 aromatic heterocycles. The van der Waals surface area contributed by atoms with Gasteiger partial charge in [-0.25, -0.2) is 0 Å². The third-order valence-corrected chi connectivity index (χ3v) is 6.42. The van der Waals surface area contributed by atoms with Crippen molar-refractivity contribution in [3.63, 3.8) is 0 Å². The van der Waals surface area contributed by atoms with Gasteiger partial charge in [-0.1, -0.05) is 84.0 Å². The monoisotopic (exact) mass is 406 g/mol. The van der Waals surface area contributed by atoms with Crippen molar-refractivity contribution in [3.05, 3.63) is 84.1 Å². The molecule has 1 heterocycles. The Morgan fingerprint density at radius 2 is 1.39 bits per heavy atom. The van der Waals surface area contributed by atoms with Crippen molar-refractivity contribution in [2.45, 2.75) is 52.4 Å². The van der Waals surface area contributed by atoms with Gasteiger partial charge in [0.05, 0.1) is 6.26 Å². The molecule has 0 N–H and O–H groups in total. The lowest BCUT2D eigenvalue weighted by molar-refractivity contribution is 0.591. The van der Waals surface area contributed by atoms with Gasteiger partial charge >= 0.3 is 0 Å². The summed E-state index contributed by atoms with van der Waals surface area (Å²) in [5.41, 5.74) is 6.39. The van der Waals surface area contributed by atoms with Gasteiger partial charge in [0.2, 0.25) is 0 Å². The van der Waals surface area contributed by atoms with Gasteiger partial charge in [0.1, 0.15) is 5.58 Å². The minimum absolute atomic E-state index is 0.0282. The van der Waals surface area contributed by atoms with E-state index in [0.29, 0.717) is 0 Å². The van der Waals surface area contributed by atoms with Crippen LogP contribution in [0.2, 0.25) is 0 Å². The summed E-state index contributed by atoms with van der Waals surface area (Å²) in [5.74, 6) is 0. The predicted molar refractivity (Wildman–Crippen MR) is 134 cm³/mol. The Morgan fingerprint density at radius 3 is 2.13 bits per heavy atom. The van der Waals surface area contributed by atoms with Crippen molar-refractivity contribution in [2.75, 3.05) is 0 Å². The predicted octanol–water partition coefficient (Wildman–Crippen LogP) is 9.00. The second kappa shape index (κ2) is 6.72. The Hall–Kier alpha value is -3.06. The number of fused-ring (bicyclic) bond motifs is 3. The topological polar surface area (TPSA) is 13.1 Å². The molecule has 0 atom stereocenters. The Balaban J connectivity index is 1.89. The smallest absolute Gasteiger partial charge is 0.134 e. The van der Waals surface area contributed by atoms with E-state index in [0.717, 1.165) is 5.58 Å². The van der Waals surface area contributed by atoms with Crippen LogP contribution in [0.4, 0.5) is 0 Å². The summed E-state index contributed by atoms with van der Waals surface area (Å²) in [7, 11) is 0. The van der Waals surface area contributed by atoms with Crippen LogP contribution in [0.5, 0.6) is 0 Å². The maximum absolute atomic E-state index is 5.73. The van der Waals surface area contributed by atoms with Gasteiger partial charge in [-0.3, -0.25) is 0 Å². The van der Waals surface area contributed by atoms with Crippen molar-refractivity contribution in [1.29, 1.82) is 0 Å². The summed E-state index contributed by atoms with van der Waals surface area (Å²) >= 11 is 0. The number of rotatable bonds is 1. The van der Waals surface area contributed by atoms with Crippen LogP contribution in [0, 0.1) is 0 Å². The first-order valence-corrected chi connectivity index (χ1v) is 11.1. The van der Waals surface area contributed by atoms with E-state index in [1.807, 2.05) is 6.07 Å². The van der Waals surface area contributed by atoms with Crippen molar-refractivity contribution >= 4 is 32.5 Å². The fourth-order valence-electron chi connectivity index (χ4n) is 4.66. The summed E-state index contributed by atoms with van der Waals surface area (Å²) in [4.78, 5) is 0.